The Morgan fingerprint density at radius 2 is 2.03 bits per heavy atom. The van der Waals surface area contributed by atoms with Crippen LogP contribution in [0.15, 0.2) is 35.4 Å². The van der Waals surface area contributed by atoms with Gasteiger partial charge in [-0.1, -0.05) is 6.07 Å². The summed E-state index contributed by atoms with van der Waals surface area (Å²) < 4.78 is 30.8. The van der Waals surface area contributed by atoms with E-state index in [2.05, 4.69) is 32.4 Å². The molecule has 2 aliphatic heterocycles. The summed E-state index contributed by atoms with van der Waals surface area (Å²) >= 11 is 0. The second-order valence-corrected chi connectivity index (χ2v) is 10.1. The highest BCUT2D eigenvalue weighted by molar-refractivity contribution is 5.71. The number of hydrogen-bond acceptors (Lipinski definition) is 8. The van der Waals surface area contributed by atoms with Gasteiger partial charge in [-0.2, -0.15) is 4.98 Å². The number of aromatic nitrogens is 5. The van der Waals surface area contributed by atoms with Crippen molar-refractivity contribution in [3.63, 3.8) is 0 Å². The third-order valence-electron chi connectivity index (χ3n) is 7.35. The van der Waals surface area contributed by atoms with Crippen LogP contribution < -0.4 is 15.9 Å². The molecule has 4 heterocycles. The van der Waals surface area contributed by atoms with E-state index in [1.165, 1.54) is 31.4 Å². The van der Waals surface area contributed by atoms with Crippen molar-refractivity contribution in [1.29, 1.82) is 0 Å². The molecule has 0 aliphatic carbocycles. The van der Waals surface area contributed by atoms with Crippen LogP contribution in [-0.2, 0) is 7.05 Å². The minimum atomic E-state index is -1.08. The summed E-state index contributed by atoms with van der Waals surface area (Å²) in [5.41, 5.74) is -0.952. The van der Waals surface area contributed by atoms with Crippen molar-refractivity contribution in [3.8, 4) is 28.4 Å². The highest BCUT2D eigenvalue weighted by atomic mass is 19.1. The number of rotatable bonds is 4. The fraction of sp³-hybridized carbons (Fsp3) is 0.458. The summed E-state index contributed by atoms with van der Waals surface area (Å²) in [5.74, 6) is -0.321. The molecule has 2 fully saturated rings. The fourth-order valence-electron chi connectivity index (χ4n) is 5.34. The molecule has 1 aromatic carbocycles. The molecule has 2 N–H and O–H groups in total. The number of nitrogens with zero attached hydrogens (tertiary/aromatic N) is 6. The standard InChI is InChI=1S/C24H27F2N7O2/c1-23-7-8-24(2,31-23)20(26)16(10-23)33(4)18-11-27-21(30-29-18)14-6-5-13(9-17(14)34)19-15(25)12-32(3)22(35)28-19/h5-6,9,11-12,16,20,31,34H,7-8,10H2,1-4H3/t16-,20-,23-,24+/m0/s1. The van der Waals surface area contributed by atoms with Gasteiger partial charge in [0, 0.05) is 36.9 Å². The number of anilines is 1. The van der Waals surface area contributed by atoms with Gasteiger partial charge in [0.25, 0.3) is 0 Å². The number of benzene rings is 1. The van der Waals surface area contributed by atoms with Crippen LogP contribution in [0, 0.1) is 5.82 Å². The van der Waals surface area contributed by atoms with Crippen LogP contribution in [-0.4, -0.2) is 60.2 Å². The lowest BCUT2D eigenvalue weighted by Crippen LogP contribution is -2.65. The van der Waals surface area contributed by atoms with Gasteiger partial charge in [-0.3, -0.25) is 4.57 Å². The smallest absolute Gasteiger partial charge is 0.348 e. The predicted molar refractivity (Wildman–Crippen MR) is 126 cm³/mol. The first-order valence-corrected chi connectivity index (χ1v) is 11.4. The van der Waals surface area contributed by atoms with Crippen molar-refractivity contribution in [3.05, 3.63) is 46.9 Å². The van der Waals surface area contributed by atoms with Gasteiger partial charge < -0.3 is 15.3 Å². The lowest BCUT2D eigenvalue weighted by Gasteiger charge is -2.47. The number of alkyl halides is 1. The minimum absolute atomic E-state index is 0.123. The molecule has 2 bridgehead atoms. The molecule has 0 unspecified atom stereocenters. The number of nitrogens with one attached hydrogen (secondary N) is 1. The van der Waals surface area contributed by atoms with E-state index in [1.54, 1.807) is 11.9 Å². The molecule has 184 valence electrons. The Labute approximate surface area is 200 Å². The molecule has 0 saturated carbocycles. The van der Waals surface area contributed by atoms with Gasteiger partial charge in [-0.05, 0) is 45.2 Å². The zero-order chi connectivity index (χ0) is 25.1. The number of fused-ring (bicyclic) bond motifs is 2. The minimum Gasteiger partial charge on any atom is -0.507 e. The summed E-state index contributed by atoms with van der Waals surface area (Å²) in [6, 6.07) is 3.95. The van der Waals surface area contributed by atoms with Crippen molar-refractivity contribution < 1.29 is 13.9 Å². The predicted octanol–water partition coefficient (Wildman–Crippen LogP) is 2.59. The molecule has 35 heavy (non-hydrogen) atoms. The molecule has 2 aromatic heterocycles. The molecule has 2 saturated heterocycles. The summed E-state index contributed by atoms with van der Waals surface area (Å²) in [6.45, 7) is 4.05. The summed E-state index contributed by atoms with van der Waals surface area (Å²) in [6.07, 6.45) is 3.80. The molecule has 0 spiro atoms. The molecule has 0 radical (unpaired) electrons. The zero-order valence-corrected chi connectivity index (χ0v) is 20.0. The van der Waals surface area contributed by atoms with Crippen molar-refractivity contribution in [2.45, 2.75) is 56.4 Å². The van der Waals surface area contributed by atoms with Gasteiger partial charge >= 0.3 is 5.69 Å². The van der Waals surface area contributed by atoms with E-state index >= 15 is 4.39 Å². The molecule has 11 heteroatoms. The van der Waals surface area contributed by atoms with Crippen LogP contribution in [0.3, 0.4) is 0 Å². The average Bonchev–Trinajstić information content (AvgIpc) is 3.10. The first-order chi connectivity index (χ1) is 16.5. The summed E-state index contributed by atoms with van der Waals surface area (Å²) in [7, 11) is 3.19. The van der Waals surface area contributed by atoms with Crippen molar-refractivity contribution in [2.24, 2.45) is 7.05 Å². The number of phenolic OH excluding ortho intramolecular Hbond substituents is 1. The molecule has 3 aromatic rings. The topological polar surface area (TPSA) is 109 Å². The number of hydrogen-bond donors (Lipinski definition) is 2. The van der Waals surface area contributed by atoms with Gasteiger partial charge in [-0.15, -0.1) is 10.2 Å². The molecule has 4 atom stereocenters. The highest BCUT2D eigenvalue weighted by Crippen LogP contribution is 2.45. The van der Waals surface area contributed by atoms with Crippen LogP contribution in [0.25, 0.3) is 22.6 Å². The van der Waals surface area contributed by atoms with Crippen LogP contribution in [0.2, 0.25) is 0 Å². The number of halogens is 2. The fourth-order valence-corrected chi connectivity index (χ4v) is 5.34. The SMILES string of the molecule is CN(c1cnc(-c2ccc(-c3nc(=O)n(C)cc3F)cc2O)nn1)[C@H]1C[C@]2(C)CC[C@@](C)(N2)[C@H]1F. The van der Waals surface area contributed by atoms with E-state index in [9.17, 15) is 14.3 Å². The summed E-state index contributed by atoms with van der Waals surface area (Å²) in [5, 5.41) is 22.4. The van der Waals surface area contributed by atoms with Crippen LogP contribution in [0.1, 0.15) is 33.1 Å². The van der Waals surface area contributed by atoms with Gasteiger partial charge in [0.15, 0.2) is 17.5 Å². The lowest BCUT2D eigenvalue weighted by molar-refractivity contribution is 0.0859. The number of piperidine rings is 1. The molecular weight excluding hydrogens is 456 g/mol. The zero-order valence-electron chi connectivity index (χ0n) is 20.0. The van der Waals surface area contributed by atoms with Crippen LogP contribution >= 0.6 is 0 Å². The molecule has 9 nitrogen and oxygen atoms in total. The van der Waals surface area contributed by atoms with Gasteiger partial charge in [0.1, 0.15) is 17.6 Å². The first kappa shape index (κ1) is 23.3. The Morgan fingerprint density at radius 3 is 2.71 bits per heavy atom. The number of aryl methyl sites for hydroxylation is 1. The third kappa shape index (κ3) is 3.93. The van der Waals surface area contributed by atoms with E-state index < -0.39 is 23.2 Å². The van der Waals surface area contributed by atoms with E-state index in [4.69, 9.17) is 0 Å². The normalized spacial score (nSPS) is 27.7. The molecular formula is C24H27F2N7O2. The van der Waals surface area contributed by atoms with E-state index in [0.29, 0.717) is 12.2 Å². The lowest BCUT2D eigenvalue weighted by atomic mass is 9.82. The Bertz CT molecular complexity index is 1350. The Kier molecular flexibility index (Phi) is 5.35. The van der Waals surface area contributed by atoms with Gasteiger partial charge in [-0.25, -0.2) is 18.6 Å². The molecule has 5 rings (SSSR count). The first-order valence-electron chi connectivity index (χ1n) is 11.4. The maximum Gasteiger partial charge on any atom is 0.348 e. The quantitative estimate of drug-likeness (QED) is 0.583. The van der Waals surface area contributed by atoms with Gasteiger partial charge in [0.05, 0.1) is 17.8 Å². The average molecular weight is 484 g/mol. The van der Waals surface area contributed by atoms with Gasteiger partial charge in [0.2, 0.25) is 0 Å². The molecule has 2 aliphatic rings. The summed E-state index contributed by atoms with van der Waals surface area (Å²) in [4.78, 5) is 21.6. The van der Waals surface area contributed by atoms with Crippen molar-refractivity contribution in [1.82, 2.24) is 30.0 Å². The van der Waals surface area contributed by atoms with E-state index in [1.807, 2.05) is 6.92 Å². The largest absolute Gasteiger partial charge is 0.507 e. The second-order valence-electron chi connectivity index (χ2n) is 10.1. The second kappa shape index (κ2) is 8.04. The number of aromatic hydroxyl groups is 1. The maximum absolute atomic E-state index is 15.4. The monoisotopic (exact) mass is 483 g/mol. The highest BCUT2D eigenvalue weighted by Gasteiger charge is 2.56. The molecule has 0 amide bonds. The third-order valence-corrected chi connectivity index (χ3v) is 7.35. The van der Waals surface area contributed by atoms with Crippen LogP contribution in [0.4, 0.5) is 14.6 Å². The van der Waals surface area contributed by atoms with Crippen molar-refractivity contribution in [2.75, 3.05) is 11.9 Å². The number of phenols is 1. The maximum atomic E-state index is 15.4. The Balaban J connectivity index is 1.39. The van der Waals surface area contributed by atoms with E-state index in [0.717, 1.165) is 23.6 Å². The van der Waals surface area contributed by atoms with E-state index in [-0.39, 0.29) is 40.0 Å². The Morgan fingerprint density at radius 1 is 1.26 bits per heavy atom. The Hall–Kier alpha value is -3.47. The van der Waals surface area contributed by atoms with Crippen molar-refractivity contribution >= 4 is 5.82 Å². The van der Waals surface area contributed by atoms with Crippen LogP contribution in [0.5, 0.6) is 5.75 Å².